The zero-order valence-electron chi connectivity index (χ0n) is 10.3. The van der Waals surface area contributed by atoms with Crippen LogP contribution in [0.1, 0.15) is 41.7 Å². The molecule has 2 aromatic rings. The van der Waals surface area contributed by atoms with Gasteiger partial charge >= 0.3 is 0 Å². The van der Waals surface area contributed by atoms with Crippen LogP contribution >= 0.6 is 0 Å². The molecule has 5 heteroatoms. The number of rotatable bonds is 2. The Labute approximate surface area is 105 Å². The molecule has 18 heavy (non-hydrogen) atoms. The number of hydrogen-bond donors (Lipinski definition) is 1. The molecule has 0 bridgehead atoms. The van der Waals surface area contributed by atoms with Crippen LogP contribution in [0.4, 0.5) is 0 Å². The van der Waals surface area contributed by atoms with E-state index in [1.807, 2.05) is 6.92 Å². The van der Waals surface area contributed by atoms with Gasteiger partial charge in [0.2, 0.25) is 0 Å². The van der Waals surface area contributed by atoms with Gasteiger partial charge in [0.05, 0.1) is 16.6 Å². The van der Waals surface area contributed by atoms with Crippen LogP contribution in [-0.4, -0.2) is 22.1 Å². The number of fused-ring (bicyclic) bond motifs is 1. The lowest BCUT2D eigenvalue weighted by Crippen LogP contribution is -2.32. The Morgan fingerprint density at radius 3 is 3.00 bits per heavy atom. The molecule has 5 nitrogen and oxygen atoms in total. The van der Waals surface area contributed by atoms with Crippen molar-refractivity contribution >= 4 is 17.0 Å². The van der Waals surface area contributed by atoms with Crippen molar-refractivity contribution in [1.29, 1.82) is 0 Å². The molecule has 0 spiro atoms. The van der Waals surface area contributed by atoms with Crippen molar-refractivity contribution in [2.45, 2.75) is 38.6 Å². The molecule has 0 aliphatic heterocycles. The smallest absolute Gasteiger partial charge is 0.257 e. The lowest BCUT2D eigenvalue weighted by atomic mass is 10.2. The number of pyridine rings is 1. The van der Waals surface area contributed by atoms with Crippen molar-refractivity contribution in [3.8, 4) is 0 Å². The van der Waals surface area contributed by atoms with Crippen LogP contribution in [0.2, 0.25) is 0 Å². The van der Waals surface area contributed by atoms with Gasteiger partial charge in [-0.2, -0.15) is 0 Å². The van der Waals surface area contributed by atoms with E-state index in [-0.39, 0.29) is 5.91 Å². The van der Waals surface area contributed by atoms with E-state index >= 15 is 0 Å². The monoisotopic (exact) mass is 245 g/mol. The molecular formula is C13H15N3O2. The highest BCUT2D eigenvalue weighted by Gasteiger charge is 2.19. The van der Waals surface area contributed by atoms with Gasteiger partial charge in [0.25, 0.3) is 11.6 Å². The van der Waals surface area contributed by atoms with Crippen molar-refractivity contribution in [3.63, 3.8) is 0 Å². The maximum atomic E-state index is 12.1. The molecule has 1 aliphatic rings. The van der Waals surface area contributed by atoms with E-state index in [1.54, 1.807) is 6.07 Å². The van der Waals surface area contributed by atoms with E-state index in [9.17, 15) is 4.79 Å². The number of nitrogens with one attached hydrogen (secondary N) is 1. The summed E-state index contributed by atoms with van der Waals surface area (Å²) in [5.41, 5.74) is 1.80. The van der Waals surface area contributed by atoms with Crippen LogP contribution < -0.4 is 5.32 Å². The second kappa shape index (κ2) is 4.40. The van der Waals surface area contributed by atoms with Gasteiger partial charge in [0.15, 0.2) is 0 Å². The minimum Gasteiger partial charge on any atom is -0.349 e. The van der Waals surface area contributed by atoms with Gasteiger partial charge in [0.1, 0.15) is 0 Å². The first kappa shape index (κ1) is 11.2. The van der Waals surface area contributed by atoms with E-state index < -0.39 is 0 Å². The van der Waals surface area contributed by atoms with Crippen molar-refractivity contribution in [3.05, 3.63) is 23.5 Å². The minimum atomic E-state index is -0.0584. The normalized spacial score (nSPS) is 16.3. The van der Waals surface area contributed by atoms with Crippen LogP contribution in [0.15, 0.2) is 16.8 Å². The van der Waals surface area contributed by atoms with Gasteiger partial charge in [-0.1, -0.05) is 18.0 Å². The lowest BCUT2D eigenvalue weighted by Gasteiger charge is -2.11. The highest BCUT2D eigenvalue weighted by atomic mass is 16.5. The largest absolute Gasteiger partial charge is 0.349 e. The summed E-state index contributed by atoms with van der Waals surface area (Å²) in [5, 5.41) is 7.67. The summed E-state index contributed by atoms with van der Waals surface area (Å²) in [4.78, 5) is 16.2. The standard InChI is InChI=1S/C13H15N3O2/c1-8-11-6-9(7-14-13(11)18-16-8)12(17)15-10-4-2-3-5-10/h6-7,10H,2-5H2,1H3,(H,15,17). The Morgan fingerprint density at radius 1 is 1.44 bits per heavy atom. The Morgan fingerprint density at radius 2 is 2.22 bits per heavy atom. The maximum absolute atomic E-state index is 12.1. The molecule has 2 heterocycles. The topological polar surface area (TPSA) is 68.0 Å². The summed E-state index contributed by atoms with van der Waals surface area (Å²) in [6.07, 6.45) is 6.10. The Hall–Kier alpha value is -1.91. The summed E-state index contributed by atoms with van der Waals surface area (Å²) in [5.74, 6) is -0.0584. The fraction of sp³-hybridized carbons (Fsp3) is 0.462. The van der Waals surface area contributed by atoms with Crippen LogP contribution in [0.25, 0.3) is 11.1 Å². The molecule has 0 radical (unpaired) electrons. The Bertz CT molecular complexity index is 585. The van der Waals surface area contributed by atoms with Crippen molar-refractivity contribution in [1.82, 2.24) is 15.5 Å². The molecule has 1 amide bonds. The molecule has 1 saturated carbocycles. The Kier molecular flexibility index (Phi) is 2.74. The Balaban J connectivity index is 1.84. The molecule has 0 unspecified atom stereocenters. The molecule has 1 aliphatic carbocycles. The number of carbonyl (C=O) groups is 1. The summed E-state index contributed by atoms with van der Waals surface area (Å²) < 4.78 is 5.02. The quantitative estimate of drug-likeness (QED) is 0.880. The highest BCUT2D eigenvalue weighted by Crippen LogP contribution is 2.19. The fourth-order valence-electron chi connectivity index (χ4n) is 2.41. The second-order valence-electron chi connectivity index (χ2n) is 4.80. The first-order chi connectivity index (χ1) is 8.74. The first-order valence-corrected chi connectivity index (χ1v) is 6.27. The lowest BCUT2D eigenvalue weighted by molar-refractivity contribution is 0.0937. The molecule has 1 N–H and O–H groups in total. The molecule has 94 valence electrons. The molecule has 0 aromatic carbocycles. The summed E-state index contributed by atoms with van der Waals surface area (Å²) >= 11 is 0. The third kappa shape index (κ3) is 1.96. The average molecular weight is 245 g/mol. The van der Waals surface area contributed by atoms with Gasteiger partial charge in [0, 0.05) is 12.2 Å². The number of aryl methyl sites for hydroxylation is 1. The van der Waals surface area contributed by atoms with Crippen LogP contribution in [0.3, 0.4) is 0 Å². The first-order valence-electron chi connectivity index (χ1n) is 6.27. The average Bonchev–Trinajstić information content (AvgIpc) is 3.00. The van der Waals surface area contributed by atoms with Gasteiger partial charge in [-0.25, -0.2) is 4.98 Å². The predicted octanol–water partition coefficient (Wildman–Crippen LogP) is 2.20. The van der Waals surface area contributed by atoms with Gasteiger partial charge in [-0.15, -0.1) is 0 Å². The van der Waals surface area contributed by atoms with Crippen LogP contribution in [-0.2, 0) is 0 Å². The summed E-state index contributed by atoms with van der Waals surface area (Å²) in [6.45, 7) is 1.84. The molecule has 0 atom stereocenters. The highest BCUT2D eigenvalue weighted by molar-refractivity contribution is 5.97. The van der Waals surface area contributed by atoms with Crippen LogP contribution in [0.5, 0.6) is 0 Å². The SMILES string of the molecule is Cc1noc2ncc(C(=O)NC3CCCC3)cc12. The van der Waals surface area contributed by atoms with Crippen LogP contribution in [0, 0.1) is 6.92 Å². The third-order valence-electron chi connectivity index (χ3n) is 3.46. The number of aromatic nitrogens is 2. The molecule has 2 aromatic heterocycles. The van der Waals surface area contributed by atoms with E-state index in [0.717, 1.165) is 23.9 Å². The van der Waals surface area contributed by atoms with E-state index in [0.29, 0.717) is 17.3 Å². The molecular weight excluding hydrogens is 230 g/mol. The van der Waals surface area contributed by atoms with E-state index in [4.69, 9.17) is 4.52 Å². The van der Waals surface area contributed by atoms with Gasteiger partial charge in [-0.3, -0.25) is 4.79 Å². The number of amides is 1. The van der Waals surface area contributed by atoms with Gasteiger partial charge in [-0.05, 0) is 25.8 Å². The number of hydrogen-bond acceptors (Lipinski definition) is 4. The molecule has 0 saturated heterocycles. The fourth-order valence-corrected chi connectivity index (χ4v) is 2.41. The third-order valence-corrected chi connectivity index (χ3v) is 3.46. The maximum Gasteiger partial charge on any atom is 0.257 e. The second-order valence-corrected chi connectivity index (χ2v) is 4.80. The summed E-state index contributed by atoms with van der Waals surface area (Å²) in [6, 6.07) is 2.11. The van der Waals surface area contributed by atoms with Gasteiger partial charge < -0.3 is 9.84 Å². The van der Waals surface area contributed by atoms with E-state index in [1.165, 1.54) is 19.0 Å². The molecule has 1 fully saturated rings. The van der Waals surface area contributed by atoms with Crippen molar-refractivity contribution in [2.75, 3.05) is 0 Å². The van der Waals surface area contributed by atoms with Crippen molar-refractivity contribution < 1.29 is 9.32 Å². The zero-order valence-corrected chi connectivity index (χ0v) is 10.3. The minimum absolute atomic E-state index is 0.0584. The summed E-state index contributed by atoms with van der Waals surface area (Å²) in [7, 11) is 0. The predicted molar refractivity (Wildman–Crippen MR) is 66.3 cm³/mol. The molecule has 3 rings (SSSR count). The number of carbonyl (C=O) groups excluding carboxylic acids is 1. The zero-order chi connectivity index (χ0) is 12.5. The van der Waals surface area contributed by atoms with E-state index in [2.05, 4.69) is 15.5 Å². The number of nitrogens with zero attached hydrogens (tertiary/aromatic N) is 2. The van der Waals surface area contributed by atoms with Crippen molar-refractivity contribution in [2.24, 2.45) is 0 Å².